The summed E-state index contributed by atoms with van der Waals surface area (Å²) in [4.78, 5) is 13.5. The number of ether oxygens (including phenoxy) is 6. The standard InChI is InChI=1S/C87H153NO18/c1-3-5-7-9-11-13-15-17-19-21-23-25-27-29-30-31-32-33-34-35-36-37-38-39-40-41-43-45-47-49-51-53-55-57-59-61-63-65-75(93)88-70(71(92)64-62-60-58-56-54-52-50-48-46-44-42-28-26-24-22-20-18-16-14-12-10-8-6-4-2)69-101-85-81(99)78(96)83(73(67-90)103-85)106-87-82(100)79(97)84(74(68-91)104-87)105-86-80(98)77(95)76(94)72(66-89)102-86/h5,7,11,13,17,19,23,25,29-30,32-33,54,56,62,64,70-74,76-87,89-92,94-100H,3-4,6,8-10,12,14-16,18,20-22,24,26-28,31,34-53,55,57-61,63,65-69H2,1-2H3,(H,88,93)/b7-5-,13-11-,19-17-,25-23-,30-29-,33-32-,56-54+,64-62+. The molecule has 3 rings (SSSR count). The van der Waals surface area contributed by atoms with Gasteiger partial charge in [-0.15, -0.1) is 0 Å². The molecule has 3 saturated heterocycles. The Labute approximate surface area is 641 Å². The van der Waals surface area contributed by atoms with Crippen molar-refractivity contribution in [2.24, 2.45) is 0 Å². The number of rotatable bonds is 67. The van der Waals surface area contributed by atoms with Crippen LogP contribution in [0.25, 0.3) is 0 Å². The number of amides is 1. The van der Waals surface area contributed by atoms with E-state index in [2.05, 4.69) is 104 Å². The van der Waals surface area contributed by atoms with Crippen LogP contribution < -0.4 is 5.32 Å². The lowest BCUT2D eigenvalue weighted by Crippen LogP contribution is -2.66. The highest BCUT2D eigenvalue weighted by molar-refractivity contribution is 5.76. The molecule has 0 spiro atoms. The molecule has 12 N–H and O–H groups in total. The zero-order valence-electron chi connectivity index (χ0n) is 65.9. The number of nitrogens with one attached hydrogen (secondary N) is 1. The van der Waals surface area contributed by atoms with Gasteiger partial charge in [-0.1, -0.05) is 323 Å². The molecule has 1 amide bonds. The maximum Gasteiger partial charge on any atom is 0.220 e. The highest BCUT2D eigenvalue weighted by Crippen LogP contribution is 2.33. The van der Waals surface area contributed by atoms with Gasteiger partial charge in [-0.05, 0) is 83.5 Å². The molecule has 0 aromatic rings. The van der Waals surface area contributed by atoms with E-state index in [-0.39, 0.29) is 18.9 Å². The van der Waals surface area contributed by atoms with Gasteiger partial charge >= 0.3 is 0 Å². The van der Waals surface area contributed by atoms with Crippen molar-refractivity contribution in [2.75, 3.05) is 26.4 Å². The predicted molar refractivity (Wildman–Crippen MR) is 424 cm³/mol. The van der Waals surface area contributed by atoms with E-state index in [0.717, 1.165) is 77.0 Å². The van der Waals surface area contributed by atoms with Gasteiger partial charge in [-0.25, -0.2) is 0 Å². The Morgan fingerprint density at radius 3 is 1.06 bits per heavy atom. The highest BCUT2D eigenvalue weighted by Gasteiger charge is 2.54. The van der Waals surface area contributed by atoms with E-state index < -0.39 is 124 Å². The topological polar surface area (TPSA) is 307 Å². The second kappa shape index (κ2) is 66.3. The fourth-order valence-electron chi connectivity index (χ4n) is 13.9. The highest BCUT2D eigenvalue weighted by atomic mass is 16.8. The van der Waals surface area contributed by atoms with Crippen LogP contribution in [0.15, 0.2) is 97.2 Å². The Morgan fingerprint density at radius 2 is 0.660 bits per heavy atom. The number of hydrogen-bond acceptors (Lipinski definition) is 18. The molecule has 17 atom stereocenters. The second-order valence-electron chi connectivity index (χ2n) is 29.9. The van der Waals surface area contributed by atoms with Gasteiger partial charge in [-0.3, -0.25) is 4.79 Å². The number of aliphatic hydroxyl groups excluding tert-OH is 11. The summed E-state index contributed by atoms with van der Waals surface area (Å²) in [5.41, 5.74) is 0. The monoisotopic (exact) mass is 1500 g/mol. The molecule has 17 unspecified atom stereocenters. The van der Waals surface area contributed by atoms with E-state index in [9.17, 15) is 61.0 Å². The Balaban J connectivity index is 1.34. The lowest BCUT2D eigenvalue weighted by Gasteiger charge is -2.48. The SMILES string of the molecule is CC/C=C\C/C=C\C/C=C\C/C=C\C/C=C\C/C=C\CCCCCCCCCCCCCCCCCCCCC(=O)NC(COC1OC(CO)C(OC2OC(CO)C(OC3OC(CO)C(O)C(O)C3O)C(O)C2O)C(O)C1O)C(O)/C=C/CC/C=C/CCCCCCCCCCCCCCCCCCCC. The van der Waals surface area contributed by atoms with Crippen LogP contribution in [0.5, 0.6) is 0 Å². The maximum atomic E-state index is 13.5. The molecule has 0 radical (unpaired) electrons. The van der Waals surface area contributed by atoms with Gasteiger partial charge in [0.2, 0.25) is 5.91 Å². The van der Waals surface area contributed by atoms with Gasteiger partial charge in [0.1, 0.15) is 73.2 Å². The fraction of sp³-hybridized carbons (Fsp3) is 0.805. The number of allylic oxidation sites excluding steroid dienone is 15. The van der Waals surface area contributed by atoms with E-state index in [1.165, 1.54) is 205 Å². The van der Waals surface area contributed by atoms with E-state index in [4.69, 9.17) is 28.4 Å². The summed E-state index contributed by atoms with van der Waals surface area (Å²) >= 11 is 0. The Hall–Kier alpha value is -3.29. The number of hydrogen-bond donors (Lipinski definition) is 12. The van der Waals surface area contributed by atoms with Crippen molar-refractivity contribution in [3.05, 3.63) is 97.2 Å². The van der Waals surface area contributed by atoms with Gasteiger partial charge in [0.15, 0.2) is 18.9 Å². The van der Waals surface area contributed by atoms with Gasteiger partial charge in [0.05, 0.1) is 38.6 Å². The number of aliphatic hydroxyl groups is 11. The molecule has 3 aliphatic heterocycles. The largest absolute Gasteiger partial charge is 0.394 e. The van der Waals surface area contributed by atoms with Crippen LogP contribution in [0.3, 0.4) is 0 Å². The third-order valence-electron chi connectivity index (χ3n) is 20.6. The predicted octanol–water partition coefficient (Wildman–Crippen LogP) is 15.1. The van der Waals surface area contributed by atoms with Crippen molar-refractivity contribution in [1.82, 2.24) is 5.32 Å². The van der Waals surface area contributed by atoms with Crippen molar-refractivity contribution in [3.8, 4) is 0 Å². The van der Waals surface area contributed by atoms with Crippen LogP contribution in [0.2, 0.25) is 0 Å². The van der Waals surface area contributed by atoms with Crippen LogP contribution >= 0.6 is 0 Å². The van der Waals surface area contributed by atoms with E-state index >= 15 is 0 Å². The summed E-state index contributed by atoms with van der Waals surface area (Å²) in [6.45, 7) is 1.64. The Bertz CT molecular complexity index is 2290. The third-order valence-corrected chi connectivity index (χ3v) is 20.6. The van der Waals surface area contributed by atoms with E-state index in [1.54, 1.807) is 6.08 Å². The summed E-state index contributed by atoms with van der Waals surface area (Å²) in [6, 6.07) is -0.995. The van der Waals surface area contributed by atoms with Crippen molar-refractivity contribution < 1.29 is 89.4 Å². The van der Waals surface area contributed by atoms with Crippen molar-refractivity contribution in [1.29, 1.82) is 0 Å². The van der Waals surface area contributed by atoms with Crippen molar-refractivity contribution in [3.63, 3.8) is 0 Å². The molecule has 3 heterocycles. The Kier molecular flexibility index (Phi) is 60.6. The summed E-state index contributed by atoms with van der Waals surface area (Å²) in [5, 5.41) is 121. The molecule has 3 fully saturated rings. The van der Waals surface area contributed by atoms with Gasteiger partial charge < -0.3 is 89.9 Å². The van der Waals surface area contributed by atoms with Crippen LogP contribution in [0.4, 0.5) is 0 Å². The lowest BCUT2D eigenvalue weighted by molar-refractivity contribution is -0.379. The van der Waals surface area contributed by atoms with E-state index in [1.807, 2.05) is 6.08 Å². The number of carbonyl (C=O) groups excluding carboxylic acids is 1. The minimum absolute atomic E-state index is 0.233. The van der Waals surface area contributed by atoms with Gasteiger partial charge in [0.25, 0.3) is 0 Å². The van der Waals surface area contributed by atoms with Crippen LogP contribution in [-0.2, 0) is 33.2 Å². The molecule has 19 nitrogen and oxygen atoms in total. The summed E-state index contributed by atoms with van der Waals surface area (Å²) in [5.74, 6) is -0.283. The van der Waals surface area contributed by atoms with E-state index in [0.29, 0.717) is 12.8 Å². The molecule has 106 heavy (non-hydrogen) atoms. The quantitative estimate of drug-likeness (QED) is 0.0199. The minimum atomic E-state index is -1.98. The smallest absolute Gasteiger partial charge is 0.220 e. The first-order valence-corrected chi connectivity index (χ1v) is 42.5. The molecule has 0 aliphatic carbocycles. The first-order chi connectivity index (χ1) is 51.8. The first-order valence-electron chi connectivity index (χ1n) is 42.5. The molecule has 3 aliphatic rings. The fourth-order valence-corrected chi connectivity index (χ4v) is 13.9. The molecular formula is C87H153NO18. The van der Waals surface area contributed by atoms with Crippen LogP contribution in [0, 0.1) is 0 Å². The van der Waals surface area contributed by atoms with Gasteiger partial charge in [0, 0.05) is 6.42 Å². The zero-order valence-corrected chi connectivity index (χ0v) is 65.9. The van der Waals surface area contributed by atoms with Crippen LogP contribution in [-0.4, -0.2) is 193 Å². The summed E-state index contributed by atoms with van der Waals surface area (Å²) in [7, 11) is 0. The van der Waals surface area contributed by atoms with Crippen LogP contribution in [0.1, 0.15) is 316 Å². The number of carbonyl (C=O) groups is 1. The third kappa shape index (κ3) is 45.3. The molecule has 0 aromatic heterocycles. The normalized spacial score (nSPS) is 26.1. The van der Waals surface area contributed by atoms with Gasteiger partial charge in [-0.2, -0.15) is 0 Å². The number of unbranched alkanes of at least 4 members (excludes halogenated alkanes) is 37. The average Bonchev–Trinajstić information content (AvgIpc) is 0.780. The molecule has 19 heteroatoms. The Morgan fingerprint density at radius 1 is 0.349 bits per heavy atom. The van der Waals surface area contributed by atoms with Crippen molar-refractivity contribution in [2.45, 2.75) is 420 Å². The molecule has 0 aromatic carbocycles. The molecule has 614 valence electrons. The molecule has 0 saturated carbocycles. The first kappa shape index (κ1) is 96.9. The second-order valence-corrected chi connectivity index (χ2v) is 29.9. The molecular weight excluding hydrogens is 1350 g/mol. The lowest BCUT2D eigenvalue weighted by atomic mass is 9.96. The molecule has 0 bridgehead atoms. The summed E-state index contributed by atoms with van der Waals surface area (Å²) in [6.07, 6.45) is 64.0. The maximum absolute atomic E-state index is 13.5. The minimum Gasteiger partial charge on any atom is -0.394 e. The average molecular weight is 1500 g/mol. The summed E-state index contributed by atoms with van der Waals surface area (Å²) < 4.78 is 34.5. The zero-order chi connectivity index (χ0) is 76.7. The van der Waals surface area contributed by atoms with Crippen molar-refractivity contribution >= 4 is 5.91 Å².